The lowest BCUT2D eigenvalue weighted by Gasteiger charge is -2.11. The first kappa shape index (κ1) is 13.2. The third-order valence-electron chi connectivity index (χ3n) is 2.75. The number of amides is 2. The number of methoxy groups -OCH3 is 1. The molecule has 1 aromatic rings. The number of carbonyl (C=O) groups is 2. The molecule has 2 amide bonds. The summed E-state index contributed by atoms with van der Waals surface area (Å²) >= 11 is 0. The molecule has 0 unspecified atom stereocenters. The van der Waals surface area contributed by atoms with Crippen molar-refractivity contribution in [2.75, 3.05) is 13.7 Å². The van der Waals surface area contributed by atoms with E-state index in [9.17, 15) is 9.59 Å². The number of ether oxygens (including phenoxy) is 2. The van der Waals surface area contributed by atoms with E-state index in [1.165, 1.54) is 19.2 Å². The summed E-state index contributed by atoms with van der Waals surface area (Å²) in [6, 6.07) is 4.87. The second kappa shape index (κ2) is 5.60. The first-order valence-electron chi connectivity index (χ1n) is 6.00. The SMILES string of the molecule is COc1cc(C(N)=O)ccc1OCC(=O)NC1CC1. The number of hydrogen-bond donors (Lipinski definition) is 2. The van der Waals surface area contributed by atoms with Crippen molar-refractivity contribution in [1.82, 2.24) is 5.32 Å². The molecule has 0 radical (unpaired) electrons. The summed E-state index contributed by atoms with van der Waals surface area (Å²) in [5, 5.41) is 2.81. The average molecular weight is 264 g/mol. The first-order chi connectivity index (χ1) is 9.10. The van der Waals surface area contributed by atoms with Gasteiger partial charge in [0.05, 0.1) is 7.11 Å². The van der Waals surface area contributed by atoms with Crippen LogP contribution in [-0.2, 0) is 4.79 Å². The minimum Gasteiger partial charge on any atom is -0.493 e. The van der Waals surface area contributed by atoms with Crippen LogP contribution in [0.3, 0.4) is 0 Å². The van der Waals surface area contributed by atoms with E-state index in [0.29, 0.717) is 23.1 Å². The number of rotatable bonds is 6. The molecule has 0 atom stereocenters. The van der Waals surface area contributed by atoms with Gasteiger partial charge >= 0.3 is 0 Å². The molecule has 2 rings (SSSR count). The van der Waals surface area contributed by atoms with E-state index in [2.05, 4.69) is 5.32 Å². The highest BCUT2D eigenvalue weighted by Gasteiger charge is 2.23. The van der Waals surface area contributed by atoms with Gasteiger partial charge in [-0.1, -0.05) is 0 Å². The Morgan fingerprint density at radius 2 is 2.11 bits per heavy atom. The number of carbonyl (C=O) groups excluding carboxylic acids is 2. The molecular weight excluding hydrogens is 248 g/mol. The van der Waals surface area contributed by atoms with Gasteiger partial charge in [0.15, 0.2) is 18.1 Å². The molecule has 1 fully saturated rings. The predicted octanol–water partition coefficient (Wildman–Crippen LogP) is 0.451. The van der Waals surface area contributed by atoms with Crippen molar-refractivity contribution in [3.05, 3.63) is 23.8 Å². The molecule has 0 aromatic heterocycles. The number of benzene rings is 1. The van der Waals surface area contributed by atoms with E-state index in [1.807, 2.05) is 0 Å². The van der Waals surface area contributed by atoms with Gasteiger partial charge in [0, 0.05) is 11.6 Å². The Labute approximate surface area is 110 Å². The molecule has 6 heteroatoms. The van der Waals surface area contributed by atoms with Crippen LogP contribution in [-0.4, -0.2) is 31.6 Å². The zero-order valence-corrected chi connectivity index (χ0v) is 10.6. The Hall–Kier alpha value is -2.24. The van der Waals surface area contributed by atoms with Crippen LogP contribution < -0.4 is 20.5 Å². The quantitative estimate of drug-likeness (QED) is 0.780. The molecule has 1 aromatic carbocycles. The number of nitrogens with two attached hydrogens (primary N) is 1. The summed E-state index contributed by atoms with van der Waals surface area (Å²) in [7, 11) is 1.46. The van der Waals surface area contributed by atoms with Gasteiger partial charge in [-0.2, -0.15) is 0 Å². The molecule has 0 aliphatic heterocycles. The molecular formula is C13H16N2O4. The normalized spacial score (nSPS) is 13.7. The van der Waals surface area contributed by atoms with Crippen molar-refractivity contribution >= 4 is 11.8 Å². The number of primary amides is 1. The molecule has 1 saturated carbocycles. The van der Waals surface area contributed by atoms with E-state index in [0.717, 1.165) is 12.8 Å². The number of hydrogen-bond acceptors (Lipinski definition) is 4. The van der Waals surface area contributed by atoms with Crippen LogP contribution >= 0.6 is 0 Å². The molecule has 0 saturated heterocycles. The highest BCUT2D eigenvalue weighted by atomic mass is 16.5. The smallest absolute Gasteiger partial charge is 0.258 e. The molecule has 1 aliphatic carbocycles. The summed E-state index contributed by atoms with van der Waals surface area (Å²) in [6.45, 7) is -0.0806. The number of nitrogens with one attached hydrogen (secondary N) is 1. The Bertz CT molecular complexity index is 497. The van der Waals surface area contributed by atoms with Crippen LogP contribution in [0.4, 0.5) is 0 Å². The molecule has 1 aliphatic rings. The molecule has 0 bridgehead atoms. The Kier molecular flexibility index (Phi) is 3.89. The van der Waals surface area contributed by atoms with E-state index in [1.54, 1.807) is 6.07 Å². The van der Waals surface area contributed by atoms with Gasteiger partial charge < -0.3 is 20.5 Å². The second-order valence-corrected chi connectivity index (χ2v) is 4.36. The van der Waals surface area contributed by atoms with Gasteiger partial charge in [0.25, 0.3) is 5.91 Å². The molecule has 6 nitrogen and oxygen atoms in total. The van der Waals surface area contributed by atoms with Crippen LogP contribution in [0.5, 0.6) is 11.5 Å². The highest BCUT2D eigenvalue weighted by molar-refractivity contribution is 5.93. The maximum Gasteiger partial charge on any atom is 0.258 e. The maximum atomic E-state index is 11.5. The topological polar surface area (TPSA) is 90.7 Å². The third-order valence-corrected chi connectivity index (χ3v) is 2.75. The van der Waals surface area contributed by atoms with Crippen molar-refractivity contribution in [3.63, 3.8) is 0 Å². The van der Waals surface area contributed by atoms with Gasteiger partial charge in [-0.15, -0.1) is 0 Å². The predicted molar refractivity (Wildman–Crippen MR) is 68.2 cm³/mol. The standard InChI is InChI=1S/C13H16N2O4/c1-18-11-6-8(13(14)17)2-5-10(11)19-7-12(16)15-9-3-4-9/h2,5-6,9H,3-4,7H2,1H3,(H2,14,17)(H,15,16). The Balaban J connectivity index is 1.98. The van der Waals surface area contributed by atoms with Crippen LogP contribution in [0.1, 0.15) is 23.2 Å². The minimum atomic E-state index is -0.545. The summed E-state index contributed by atoms with van der Waals surface area (Å²) in [5.74, 6) is 0.0637. The van der Waals surface area contributed by atoms with Gasteiger partial charge in [-0.3, -0.25) is 9.59 Å². The highest BCUT2D eigenvalue weighted by Crippen LogP contribution is 2.28. The van der Waals surface area contributed by atoms with Crippen molar-refractivity contribution in [1.29, 1.82) is 0 Å². The largest absolute Gasteiger partial charge is 0.493 e. The summed E-state index contributed by atoms with van der Waals surface area (Å²) in [4.78, 5) is 22.5. The Morgan fingerprint density at radius 1 is 1.37 bits per heavy atom. The van der Waals surface area contributed by atoms with E-state index in [-0.39, 0.29) is 12.5 Å². The molecule has 0 spiro atoms. The molecule has 102 valence electrons. The molecule has 19 heavy (non-hydrogen) atoms. The van der Waals surface area contributed by atoms with Gasteiger partial charge in [0.2, 0.25) is 5.91 Å². The van der Waals surface area contributed by atoms with Crippen molar-refractivity contribution in [2.45, 2.75) is 18.9 Å². The van der Waals surface area contributed by atoms with Crippen LogP contribution in [0, 0.1) is 0 Å². The Morgan fingerprint density at radius 3 is 2.68 bits per heavy atom. The fourth-order valence-corrected chi connectivity index (χ4v) is 1.58. The maximum absolute atomic E-state index is 11.5. The van der Waals surface area contributed by atoms with E-state index >= 15 is 0 Å². The minimum absolute atomic E-state index is 0.0806. The van der Waals surface area contributed by atoms with Gasteiger partial charge in [0.1, 0.15) is 0 Å². The monoisotopic (exact) mass is 264 g/mol. The fraction of sp³-hybridized carbons (Fsp3) is 0.385. The average Bonchev–Trinajstić information content (AvgIpc) is 3.19. The van der Waals surface area contributed by atoms with Gasteiger partial charge in [-0.25, -0.2) is 0 Å². The van der Waals surface area contributed by atoms with Gasteiger partial charge in [-0.05, 0) is 31.0 Å². The van der Waals surface area contributed by atoms with E-state index < -0.39 is 5.91 Å². The fourth-order valence-electron chi connectivity index (χ4n) is 1.58. The van der Waals surface area contributed by atoms with Crippen molar-refractivity contribution < 1.29 is 19.1 Å². The van der Waals surface area contributed by atoms with Crippen molar-refractivity contribution in [2.24, 2.45) is 5.73 Å². The van der Waals surface area contributed by atoms with Crippen LogP contribution in [0.2, 0.25) is 0 Å². The van der Waals surface area contributed by atoms with Crippen LogP contribution in [0.15, 0.2) is 18.2 Å². The summed E-state index contributed by atoms with van der Waals surface area (Å²) in [6.07, 6.45) is 2.06. The summed E-state index contributed by atoms with van der Waals surface area (Å²) < 4.78 is 10.5. The van der Waals surface area contributed by atoms with E-state index in [4.69, 9.17) is 15.2 Å². The lowest BCUT2D eigenvalue weighted by Crippen LogP contribution is -2.30. The third kappa shape index (κ3) is 3.61. The zero-order valence-electron chi connectivity index (χ0n) is 10.6. The molecule has 0 heterocycles. The van der Waals surface area contributed by atoms with Crippen LogP contribution in [0.25, 0.3) is 0 Å². The lowest BCUT2D eigenvalue weighted by atomic mass is 10.2. The first-order valence-corrected chi connectivity index (χ1v) is 6.00. The summed E-state index contributed by atoms with van der Waals surface area (Å²) in [5.41, 5.74) is 5.50. The molecule has 3 N–H and O–H groups in total. The van der Waals surface area contributed by atoms with Crippen molar-refractivity contribution in [3.8, 4) is 11.5 Å². The zero-order chi connectivity index (χ0) is 13.8. The second-order valence-electron chi connectivity index (χ2n) is 4.36. The lowest BCUT2D eigenvalue weighted by molar-refractivity contribution is -0.123.